The number of carbonyl (C=O) groups excluding carboxylic acids is 2. The van der Waals surface area contributed by atoms with Gasteiger partial charge < -0.3 is 15.5 Å². The van der Waals surface area contributed by atoms with Gasteiger partial charge in [-0.2, -0.15) is 0 Å². The van der Waals surface area contributed by atoms with Crippen molar-refractivity contribution in [3.05, 3.63) is 24.3 Å². The first kappa shape index (κ1) is 17.4. The summed E-state index contributed by atoms with van der Waals surface area (Å²) in [6.45, 7) is 4.64. The topological polar surface area (TPSA) is 61.4 Å². The number of nitrogens with one attached hydrogen (secondary N) is 2. The molecule has 0 spiro atoms. The van der Waals surface area contributed by atoms with Crippen molar-refractivity contribution in [3.63, 3.8) is 0 Å². The molecule has 2 N–H and O–H groups in total. The zero-order valence-corrected chi connectivity index (χ0v) is 15.7. The molecule has 2 saturated carbocycles. The maximum atomic E-state index is 12.9. The summed E-state index contributed by atoms with van der Waals surface area (Å²) < 4.78 is 0. The number of benzene rings is 1. The van der Waals surface area contributed by atoms with Gasteiger partial charge in [0.15, 0.2) is 0 Å². The summed E-state index contributed by atoms with van der Waals surface area (Å²) >= 11 is 0. The molecule has 2 aliphatic carbocycles. The van der Waals surface area contributed by atoms with Crippen molar-refractivity contribution in [3.8, 4) is 0 Å². The van der Waals surface area contributed by atoms with Gasteiger partial charge in [0.2, 0.25) is 5.91 Å². The van der Waals surface area contributed by atoms with Crippen LogP contribution in [0.5, 0.6) is 0 Å². The molecule has 26 heavy (non-hydrogen) atoms. The van der Waals surface area contributed by atoms with Crippen LogP contribution in [0.15, 0.2) is 24.3 Å². The molecule has 5 nitrogen and oxygen atoms in total. The predicted molar refractivity (Wildman–Crippen MR) is 103 cm³/mol. The molecule has 5 heteroatoms. The molecular formula is C21H29N3O2. The van der Waals surface area contributed by atoms with E-state index < -0.39 is 0 Å². The first-order valence-corrected chi connectivity index (χ1v) is 9.96. The van der Waals surface area contributed by atoms with E-state index in [4.69, 9.17) is 0 Å². The number of anilines is 2. The van der Waals surface area contributed by atoms with E-state index in [1.165, 1.54) is 32.1 Å². The molecule has 2 atom stereocenters. The fourth-order valence-corrected chi connectivity index (χ4v) is 5.15. The van der Waals surface area contributed by atoms with Crippen molar-refractivity contribution in [2.24, 2.45) is 23.7 Å². The number of carbonyl (C=O) groups is 2. The minimum absolute atomic E-state index is 0.00260. The Morgan fingerprint density at radius 3 is 2.00 bits per heavy atom. The van der Waals surface area contributed by atoms with E-state index in [0.29, 0.717) is 12.0 Å². The van der Waals surface area contributed by atoms with Gasteiger partial charge in [0.05, 0.1) is 0 Å². The third-order valence-electron chi connectivity index (χ3n) is 6.30. The number of nitrogens with zero attached hydrogens (tertiary/aromatic N) is 1. The number of fused-ring (bicyclic) bond motifs is 1. The van der Waals surface area contributed by atoms with Crippen molar-refractivity contribution >= 4 is 23.3 Å². The molecule has 5 rings (SSSR count). The van der Waals surface area contributed by atoms with Crippen LogP contribution in [-0.2, 0) is 4.79 Å². The van der Waals surface area contributed by atoms with E-state index in [1.54, 1.807) is 0 Å². The van der Waals surface area contributed by atoms with Crippen LogP contribution in [0.3, 0.4) is 0 Å². The highest BCUT2D eigenvalue weighted by molar-refractivity contribution is 5.93. The number of hydrogen-bond acceptors (Lipinski definition) is 2. The molecule has 2 unspecified atom stereocenters. The lowest BCUT2D eigenvalue weighted by atomic mass is 9.68. The van der Waals surface area contributed by atoms with Gasteiger partial charge in [0, 0.05) is 29.9 Å². The highest BCUT2D eigenvalue weighted by Crippen LogP contribution is 2.47. The lowest BCUT2D eigenvalue weighted by molar-refractivity contribution is -0.118. The maximum absolute atomic E-state index is 12.9. The van der Waals surface area contributed by atoms with Crippen LogP contribution in [0.1, 0.15) is 46.0 Å². The fraction of sp³-hybridized carbons (Fsp3) is 0.619. The molecule has 3 amide bonds. The second kappa shape index (κ2) is 6.93. The molecule has 4 fully saturated rings. The largest absolute Gasteiger partial charge is 0.326 e. The molecule has 2 aliphatic heterocycles. The predicted octanol–water partition coefficient (Wildman–Crippen LogP) is 4.32. The van der Waals surface area contributed by atoms with Gasteiger partial charge in [-0.3, -0.25) is 4.79 Å². The highest BCUT2D eigenvalue weighted by atomic mass is 16.2. The van der Waals surface area contributed by atoms with E-state index >= 15 is 0 Å². The van der Waals surface area contributed by atoms with Crippen LogP contribution in [-0.4, -0.2) is 29.4 Å². The second-order valence-electron chi connectivity index (χ2n) is 8.73. The SMILES string of the molecule is CC(C)C(=O)Nc1ccc(NC(=O)N2CC3CC4CC(C3)CC2C4)cc1. The van der Waals surface area contributed by atoms with Crippen molar-refractivity contribution in [2.45, 2.75) is 52.0 Å². The zero-order valence-electron chi connectivity index (χ0n) is 15.7. The quantitative estimate of drug-likeness (QED) is 0.848. The molecule has 140 valence electrons. The van der Waals surface area contributed by atoms with Gasteiger partial charge in [-0.15, -0.1) is 0 Å². The monoisotopic (exact) mass is 355 g/mol. The maximum Gasteiger partial charge on any atom is 0.322 e. The lowest BCUT2D eigenvalue weighted by Crippen LogP contribution is -2.44. The Kier molecular flexibility index (Phi) is 4.63. The summed E-state index contributed by atoms with van der Waals surface area (Å²) in [6.07, 6.45) is 6.36. The van der Waals surface area contributed by atoms with Crippen LogP contribution >= 0.6 is 0 Å². The first-order valence-electron chi connectivity index (χ1n) is 9.96. The zero-order chi connectivity index (χ0) is 18.3. The molecule has 2 saturated heterocycles. The third kappa shape index (κ3) is 3.57. The Bertz CT molecular complexity index is 671. The minimum atomic E-state index is -0.0528. The summed E-state index contributed by atoms with van der Waals surface area (Å²) in [4.78, 5) is 26.7. The summed E-state index contributed by atoms with van der Waals surface area (Å²) in [5.41, 5.74) is 1.54. The first-order chi connectivity index (χ1) is 12.5. The van der Waals surface area contributed by atoms with Crippen molar-refractivity contribution in [1.82, 2.24) is 4.90 Å². The number of rotatable bonds is 3. The number of amides is 3. The van der Waals surface area contributed by atoms with Crippen molar-refractivity contribution in [1.29, 1.82) is 0 Å². The highest BCUT2D eigenvalue weighted by Gasteiger charge is 2.44. The summed E-state index contributed by atoms with van der Waals surface area (Å²) in [6, 6.07) is 7.83. The molecule has 1 aromatic rings. The lowest BCUT2D eigenvalue weighted by Gasteiger charge is -2.38. The van der Waals surface area contributed by atoms with Gasteiger partial charge in [0.1, 0.15) is 0 Å². The summed E-state index contributed by atoms with van der Waals surface area (Å²) in [7, 11) is 0. The van der Waals surface area contributed by atoms with Gasteiger partial charge in [-0.25, -0.2) is 4.79 Å². The van der Waals surface area contributed by atoms with E-state index in [0.717, 1.165) is 29.8 Å². The van der Waals surface area contributed by atoms with Gasteiger partial charge >= 0.3 is 6.03 Å². The normalized spacial score (nSPS) is 29.6. The van der Waals surface area contributed by atoms with Gasteiger partial charge in [-0.1, -0.05) is 13.8 Å². The van der Waals surface area contributed by atoms with Gasteiger partial charge in [-0.05, 0) is 74.1 Å². The summed E-state index contributed by atoms with van der Waals surface area (Å²) in [5.74, 6) is 2.30. The Morgan fingerprint density at radius 1 is 0.885 bits per heavy atom. The molecule has 2 heterocycles. The molecular weight excluding hydrogens is 326 g/mol. The molecule has 0 aromatic heterocycles. The van der Waals surface area contributed by atoms with E-state index in [1.807, 2.05) is 38.1 Å². The molecule has 4 bridgehead atoms. The third-order valence-corrected chi connectivity index (χ3v) is 6.30. The molecule has 0 radical (unpaired) electrons. The van der Waals surface area contributed by atoms with Crippen molar-refractivity contribution < 1.29 is 9.59 Å². The fourth-order valence-electron chi connectivity index (χ4n) is 5.15. The second-order valence-corrected chi connectivity index (χ2v) is 8.73. The van der Waals surface area contributed by atoms with Crippen molar-refractivity contribution in [2.75, 3.05) is 17.2 Å². The van der Waals surface area contributed by atoms with Crippen LogP contribution in [0.2, 0.25) is 0 Å². The Labute approximate surface area is 155 Å². The van der Waals surface area contributed by atoms with Crippen LogP contribution in [0.25, 0.3) is 0 Å². The Balaban J connectivity index is 1.39. The average Bonchev–Trinajstić information content (AvgIpc) is 2.80. The molecule has 1 aromatic carbocycles. The smallest absolute Gasteiger partial charge is 0.322 e. The average molecular weight is 355 g/mol. The standard InChI is InChI=1S/C21H29N3O2/c1-13(2)20(25)22-17-3-5-18(6-4-17)23-21(26)24-12-16-8-14-7-15(9-16)11-19(24)10-14/h3-6,13-16,19H,7-12H2,1-2H3,(H,22,25)(H,23,26). The minimum Gasteiger partial charge on any atom is -0.326 e. The summed E-state index contributed by atoms with van der Waals surface area (Å²) in [5, 5.41) is 5.93. The molecule has 4 aliphatic rings. The Hall–Kier alpha value is -2.04. The van der Waals surface area contributed by atoms with Gasteiger partial charge in [0.25, 0.3) is 0 Å². The van der Waals surface area contributed by atoms with Crippen LogP contribution in [0.4, 0.5) is 16.2 Å². The van der Waals surface area contributed by atoms with Crippen LogP contribution in [0, 0.1) is 23.7 Å². The Morgan fingerprint density at radius 2 is 1.42 bits per heavy atom. The van der Waals surface area contributed by atoms with E-state index in [9.17, 15) is 9.59 Å². The van der Waals surface area contributed by atoms with E-state index in [2.05, 4.69) is 15.5 Å². The number of urea groups is 1. The van der Waals surface area contributed by atoms with Crippen LogP contribution < -0.4 is 10.6 Å². The number of hydrogen-bond donors (Lipinski definition) is 2. The van der Waals surface area contributed by atoms with E-state index in [-0.39, 0.29) is 17.9 Å².